The molecule has 0 unspecified atom stereocenters. The topological polar surface area (TPSA) is 70.9 Å². The zero-order chi connectivity index (χ0) is 18.4. The maximum absolute atomic E-state index is 12.7. The number of sulfonamides is 1. The summed E-state index contributed by atoms with van der Waals surface area (Å²) in [6, 6.07) is 7.18. The summed E-state index contributed by atoms with van der Waals surface area (Å²) in [6.07, 6.45) is 1.86. The van der Waals surface area contributed by atoms with Crippen molar-refractivity contribution in [2.24, 2.45) is 0 Å². The zero-order valence-corrected chi connectivity index (χ0v) is 16.2. The van der Waals surface area contributed by atoms with Crippen LogP contribution >= 0.6 is 0 Å². The zero-order valence-electron chi connectivity index (χ0n) is 15.4. The molecule has 1 aromatic rings. The number of amides is 1. The summed E-state index contributed by atoms with van der Waals surface area (Å²) >= 11 is 0. The molecule has 1 fully saturated rings. The quantitative estimate of drug-likeness (QED) is 0.722. The summed E-state index contributed by atoms with van der Waals surface area (Å²) in [5.74, 6) is 0.0542. The number of quaternary nitrogens is 1. The van der Waals surface area contributed by atoms with Crippen LogP contribution in [0, 0.1) is 6.92 Å². The van der Waals surface area contributed by atoms with Crippen LogP contribution < -0.4 is 10.2 Å². The molecule has 2 rings (SSSR count). The van der Waals surface area contributed by atoms with E-state index in [2.05, 4.69) is 19.2 Å². The second-order valence-corrected chi connectivity index (χ2v) is 8.66. The molecule has 0 spiro atoms. The van der Waals surface area contributed by atoms with Crippen LogP contribution in [0.1, 0.15) is 32.3 Å². The Hall–Kier alpha value is -1.44. The first kappa shape index (κ1) is 19.9. The molecule has 0 radical (unpaired) electrons. The van der Waals surface area contributed by atoms with E-state index in [1.54, 1.807) is 12.1 Å². The lowest BCUT2D eigenvalue weighted by atomic mass is 10.2. The Balaban J connectivity index is 1.88. The molecule has 1 aliphatic rings. The molecule has 0 atom stereocenters. The number of piperazine rings is 1. The largest absolute Gasteiger partial charge is 0.349 e. The van der Waals surface area contributed by atoms with Gasteiger partial charge in [-0.05, 0) is 31.9 Å². The number of carbonyl (C=O) groups excluding carboxylic acids is 1. The molecule has 1 saturated heterocycles. The summed E-state index contributed by atoms with van der Waals surface area (Å²) in [6.45, 7) is 8.68. The molecule has 2 N–H and O–H groups in total. The molecule has 140 valence electrons. The van der Waals surface area contributed by atoms with Crippen LogP contribution in [-0.4, -0.2) is 57.4 Å². The standard InChI is InChI=1S/C18H29N3O3S/c1-4-16(5-2)19-18(22)14-20-10-12-21(13-11-20)25(23,24)17-8-6-15(3)7-9-17/h6-9,16H,4-5,10-14H2,1-3H3,(H,19,22)/p+1. The predicted octanol–water partition coefficient (Wildman–Crippen LogP) is 0.189. The average Bonchev–Trinajstić information content (AvgIpc) is 2.60. The SMILES string of the molecule is CCC(CC)NC(=O)C[NH+]1CCN(S(=O)(=O)c2ccc(C)cc2)CC1. The molecule has 25 heavy (non-hydrogen) atoms. The molecular formula is C18H30N3O3S+. The van der Waals surface area contributed by atoms with E-state index in [9.17, 15) is 13.2 Å². The smallest absolute Gasteiger partial charge is 0.275 e. The van der Waals surface area contributed by atoms with E-state index < -0.39 is 10.0 Å². The summed E-state index contributed by atoms with van der Waals surface area (Å²) in [7, 11) is -3.44. The van der Waals surface area contributed by atoms with Crippen molar-refractivity contribution in [3.8, 4) is 0 Å². The van der Waals surface area contributed by atoms with Gasteiger partial charge in [0.1, 0.15) is 0 Å². The van der Waals surface area contributed by atoms with Crippen molar-refractivity contribution in [1.29, 1.82) is 0 Å². The van der Waals surface area contributed by atoms with Crippen LogP contribution in [-0.2, 0) is 14.8 Å². The van der Waals surface area contributed by atoms with Gasteiger partial charge in [0.05, 0.1) is 31.1 Å². The Morgan fingerprint density at radius 1 is 1.16 bits per heavy atom. The van der Waals surface area contributed by atoms with E-state index in [1.165, 1.54) is 4.31 Å². The van der Waals surface area contributed by atoms with E-state index in [-0.39, 0.29) is 11.9 Å². The third-order valence-electron chi connectivity index (χ3n) is 4.85. The third-order valence-corrected chi connectivity index (χ3v) is 6.76. The molecule has 0 saturated carbocycles. The Morgan fingerprint density at radius 2 is 1.72 bits per heavy atom. The van der Waals surface area contributed by atoms with Crippen LogP contribution in [0.5, 0.6) is 0 Å². The molecule has 6 nitrogen and oxygen atoms in total. The highest BCUT2D eigenvalue weighted by atomic mass is 32.2. The average molecular weight is 369 g/mol. The van der Waals surface area contributed by atoms with Crippen LogP contribution in [0.25, 0.3) is 0 Å². The highest BCUT2D eigenvalue weighted by Crippen LogP contribution is 2.16. The van der Waals surface area contributed by atoms with Crippen LogP contribution in [0.15, 0.2) is 29.2 Å². The molecule has 1 aliphatic heterocycles. The molecule has 1 aromatic carbocycles. The van der Waals surface area contributed by atoms with Gasteiger partial charge in [-0.2, -0.15) is 4.31 Å². The first-order valence-electron chi connectivity index (χ1n) is 9.06. The number of nitrogens with one attached hydrogen (secondary N) is 2. The number of aryl methyl sites for hydroxylation is 1. The van der Waals surface area contributed by atoms with Crippen molar-refractivity contribution >= 4 is 15.9 Å². The molecule has 7 heteroatoms. The van der Waals surface area contributed by atoms with Crippen molar-refractivity contribution < 1.29 is 18.1 Å². The Morgan fingerprint density at radius 3 is 2.24 bits per heavy atom. The fourth-order valence-electron chi connectivity index (χ4n) is 3.08. The summed E-state index contributed by atoms with van der Waals surface area (Å²) in [5, 5.41) is 3.04. The highest BCUT2D eigenvalue weighted by Gasteiger charge is 2.31. The summed E-state index contributed by atoms with van der Waals surface area (Å²) in [4.78, 5) is 13.6. The van der Waals surface area contributed by atoms with Crippen molar-refractivity contribution in [2.75, 3.05) is 32.7 Å². The Kier molecular flexibility index (Phi) is 6.98. The van der Waals surface area contributed by atoms with Crippen molar-refractivity contribution in [2.45, 2.75) is 44.6 Å². The van der Waals surface area contributed by atoms with Gasteiger partial charge >= 0.3 is 0 Å². The molecule has 0 bridgehead atoms. The lowest BCUT2D eigenvalue weighted by molar-refractivity contribution is -0.895. The summed E-state index contributed by atoms with van der Waals surface area (Å²) in [5.41, 5.74) is 1.04. The maximum Gasteiger partial charge on any atom is 0.275 e. The van der Waals surface area contributed by atoms with Crippen molar-refractivity contribution in [1.82, 2.24) is 9.62 Å². The van der Waals surface area contributed by atoms with Gasteiger partial charge in [-0.15, -0.1) is 0 Å². The van der Waals surface area contributed by atoms with E-state index in [0.717, 1.165) is 23.3 Å². The van der Waals surface area contributed by atoms with E-state index in [1.807, 2.05) is 19.1 Å². The number of carbonyl (C=O) groups is 1. The second-order valence-electron chi connectivity index (χ2n) is 6.72. The normalized spacial score (nSPS) is 17.0. The van der Waals surface area contributed by atoms with Crippen LogP contribution in [0.3, 0.4) is 0 Å². The highest BCUT2D eigenvalue weighted by molar-refractivity contribution is 7.89. The van der Waals surface area contributed by atoms with Crippen molar-refractivity contribution in [3.63, 3.8) is 0 Å². The van der Waals surface area contributed by atoms with E-state index >= 15 is 0 Å². The third kappa shape index (κ3) is 5.26. The maximum atomic E-state index is 12.7. The number of rotatable bonds is 7. The van der Waals surface area contributed by atoms with Gasteiger partial charge in [0.2, 0.25) is 10.0 Å². The van der Waals surface area contributed by atoms with Crippen LogP contribution in [0.2, 0.25) is 0 Å². The fourth-order valence-corrected chi connectivity index (χ4v) is 4.52. The van der Waals surface area contributed by atoms with Crippen molar-refractivity contribution in [3.05, 3.63) is 29.8 Å². The number of nitrogens with zero attached hydrogens (tertiary/aromatic N) is 1. The van der Waals surface area contributed by atoms with Gasteiger partial charge < -0.3 is 10.2 Å². The monoisotopic (exact) mass is 368 g/mol. The minimum Gasteiger partial charge on any atom is -0.349 e. The van der Waals surface area contributed by atoms with E-state index in [0.29, 0.717) is 37.6 Å². The molecular weight excluding hydrogens is 338 g/mol. The van der Waals surface area contributed by atoms with Gasteiger partial charge in [-0.25, -0.2) is 8.42 Å². The molecule has 1 heterocycles. The van der Waals surface area contributed by atoms with Gasteiger partial charge in [0.15, 0.2) is 6.54 Å². The predicted molar refractivity (Wildman–Crippen MR) is 98.0 cm³/mol. The molecule has 1 amide bonds. The van der Waals surface area contributed by atoms with Gasteiger partial charge in [-0.1, -0.05) is 31.5 Å². The number of benzene rings is 1. The Labute approximate surface area is 151 Å². The lowest BCUT2D eigenvalue weighted by Crippen LogP contribution is -3.15. The fraction of sp³-hybridized carbons (Fsp3) is 0.611. The van der Waals surface area contributed by atoms with Gasteiger partial charge in [-0.3, -0.25) is 4.79 Å². The van der Waals surface area contributed by atoms with Gasteiger partial charge in [0, 0.05) is 6.04 Å². The first-order chi connectivity index (χ1) is 11.9. The second kappa shape index (κ2) is 8.78. The minimum absolute atomic E-state index is 0.0542. The summed E-state index contributed by atoms with van der Waals surface area (Å²) < 4.78 is 26.9. The van der Waals surface area contributed by atoms with Crippen LogP contribution in [0.4, 0.5) is 0 Å². The number of hydrogen-bond acceptors (Lipinski definition) is 3. The minimum atomic E-state index is -3.44. The molecule has 0 aromatic heterocycles. The first-order valence-corrected chi connectivity index (χ1v) is 10.5. The molecule has 0 aliphatic carbocycles. The number of hydrogen-bond donors (Lipinski definition) is 2. The van der Waals surface area contributed by atoms with Gasteiger partial charge in [0.25, 0.3) is 5.91 Å². The van der Waals surface area contributed by atoms with E-state index in [4.69, 9.17) is 0 Å². The lowest BCUT2D eigenvalue weighted by Gasteiger charge is -2.31. The Bertz CT molecular complexity index is 661.